The largest absolute Gasteiger partial charge is 0.404 e. The summed E-state index contributed by atoms with van der Waals surface area (Å²) in [5.74, 6) is -4.73. The maximum atomic E-state index is 12.8. The number of nitrogens with one attached hydrogen (secondary N) is 1. The first kappa shape index (κ1) is 17.4. The highest BCUT2D eigenvalue weighted by atomic mass is 32.2. The minimum absolute atomic E-state index is 0.152. The lowest BCUT2D eigenvalue weighted by atomic mass is 9.96. The van der Waals surface area contributed by atoms with Gasteiger partial charge in [0.1, 0.15) is 5.82 Å². The summed E-state index contributed by atoms with van der Waals surface area (Å²) in [4.78, 5) is 11.8. The Morgan fingerprint density at radius 1 is 1.24 bits per heavy atom. The smallest absolute Gasteiger partial charge is 0.273 e. The van der Waals surface area contributed by atoms with Gasteiger partial charge >= 0.3 is 6.18 Å². The Morgan fingerprint density at radius 2 is 1.76 bits per heavy atom. The van der Waals surface area contributed by atoms with Crippen molar-refractivity contribution in [3.05, 3.63) is 35.6 Å². The van der Waals surface area contributed by atoms with Crippen molar-refractivity contribution in [3.8, 4) is 0 Å². The van der Waals surface area contributed by atoms with Crippen LogP contribution in [-0.2, 0) is 14.8 Å². The Morgan fingerprint density at radius 3 is 2.19 bits per heavy atom. The number of rotatable bonds is 5. The lowest BCUT2D eigenvalue weighted by Gasteiger charge is -2.16. The summed E-state index contributed by atoms with van der Waals surface area (Å²) >= 11 is 0. The Hall–Kier alpha value is -1.64. The maximum Gasteiger partial charge on any atom is 0.404 e. The molecule has 0 heterocycles. The minimum Gasteiger partial charge on any atom is -0.273 e. The first-order chi connectivity index (χ1) is 9.54. The maximum absolute atomic E-state index is 12.8. The molecule has 0 aliphatic heterocycles. The van der Waals surface area contributed by atoms with Gasteiger partial charge in [0.05, 0.1) is 5.92 Å². The van der Waals surface area contributed by atoms with E-state index in [9.17, 15) is 30.8 Å². The van der Waals surface area contributed by atoms with E-state index in [2.05, 4.69) is 0 Å². The average Bonchev–Trinajstić information content (AvgIpc) is 2.28. The number of halogens is 4. The monoisotopic (exact) mass is 327 g/mol. The summed E-state index contributed by atoms with van der Waals surface area (Å²) < 4.78 is 72.9. The summed E-state index contributed by atoms with van der Waals surface area (Å²) in [7, 11) is -4.81. The molecule has 1 N–H and O–H groups in total. The predicted molar refractivity (Wildman–Crippen MR) is 67.4 cm³/mol. The Bertz CT molecular complexity index is 596. The molecule has 1 amide bonds. The van der Waals surface area contributed by atoms with Crippen molar-refractivity contribution in [2.45, 2.75) is 25.4 Å². The van der Waals surface area contributed by atoms with Crippen LogP contribution in [0.4, 0.5) is 17.6 Å². The van der Waals surface area contributed by atoms with E-state index in [0.29, 0.717) is 5.56 Å². The van der Waals surface area contributed by atoms with Crippen molar-refractivity contribution >= 4 is 15.9 Å². The van der Waals surface area contributed by atoms with E-state index in [1.165, 1.54) is 16.9 Å². The van der Waals surface area contributed by atoms with Gasteiger partial charge in [0, 0.05) is 0 Å². The minimum atomic E-state index is -4.94. The number of alkyl halides is 3. The fraction of sp³-hybridized carbons (Fsp3) is 0.417. The van der Waals surface area contributed by atoms with Crippen LogP contribution in [0.5, 0.6) is 0 Å². The van der Waals surface area contributed by atoms with Crippen LogP contribution in [0.15, 0.2) is 24.3 Å². The number of carbonyl (C=O) groups excluding carboxylic acids is 1. The molecule has 1 atom stereocenters. The Labute approximate surface area is 119 Å². The zero-order valence-electron chi connectivity index (χ0n) is 10.9. The average molecular weight is 327 g/mol. The Kier molecular flexibility index (Phi) is 5.32. The van der Waals surface area contributed by atoms with Gasteiger partial charge in [-0.15, -0.1) is 0 Å². The lowest BCUT2D eigenvalue weighted by Crippen LogP contribution is -2.39. The summed E-state index contributed by atoms with van der Waals surface area (Å²) in [5, 5.41) is 0. The molecular formula is C12H13F4NO3S. The van der Waals surface area contributed by atoms with E-state index < -0.39 is 39.6 Å². The van der Waals surface area contributed by atoms with Crippen LogP contribution in [-0.4, -0.2) is 26.3 Å². The van der Waals surface area contributed by atoms with Crippen molar-refractivity contribution in [1.82, 2.24) is 4.72 Å². The third kappa shape index (κ3) is 5.70. The van der Waals surface area contributed by atoms with Gasteiger partial charge in [-0.05, 0) is 24.1 Å². The van der Waals surface area contributed by atoms with Crippen molar-refractivity contribution < 1.29 is 30.8 Å². The van der Waals surface area contributed by atoms with Crippen LogP contribution >= 0.6 is 0 Å². The molecule has 0 radical (unpaired) electrons. The fourth-order valence-electron chi connectivity index (χ4n) is 1.74. The number of carbonyl (C=O) groups is 1. The van der Waals surface area contributed by atoms with Gasteiger partial charge in [0.15, 0.2) is 5.75 Å². The van der Waals surface area contributed by atoms with Crippen molar-refractivity contribution in [3.63, 3.8) is 0 Å². The molecule has 0 saturated carbocycles. The molecular weight excluding hydrogens is 314 g/mol. The van der Waals surface area contributed by atoms with Crippen molar-refractivity contribution in [1.29, 1.82) is 0 Å². The number of benzene rings is 1. The highest BCUT2D eigenvalue weighted by Gasteiger charge is 2.36. The molecule has 0 aromatic heterocycles. The van der Waals surface area contributed by atoms with Crippen LogP contribution in [0.2, 0.25) is 0 Å². The van der Waals surface area contributed by atoms with E-state index in [-0.39, 0.29) is 6.42 Å². The highest BCUT2D eigenvalue weighted by molar-refractivity contribution is 7.90. The van der Waals surface area contributed by atoms with E-state index in [1.54, 1.807) is 6.92 Å². The van der Waals surface area contributed by atoms with Gasteiger partial charge in [-0.2, -0.15) is 13.2 Å². The summed E-state index contributed by atoms with van der Waals surface area (Å²) in [6.07, 6.45) is -4.79. The molecule has 0 saturated heterocycles. The second-order valence-electron chi connectivity index (χ2n) is 4.35. The van der Waals surface area contributed by atoms with Crippen LogP contribution in [0.25, 0.3) is 0 Å². The topological polar surface area (TPSA) is 63.2 Å². The van der Waals surface area contributed by atoms with Crippen LogP contribution in [0, 0.1) is 5.82 Å². The van der Waals surface area contributed by atoms with Gasteiger partial charge < -0.3 is 0 Å². The first-order valence-corrected chi connectivity index (χ1v) is 7.56. The van der Waals surface area contributed by atoms with E-state index >= 15 is 0 Å². The van der Waals surface area contributed by atoms with Gasteiger partial charge in [-0.1, -0.05) is 19.1 Å². The molecule has 1 rings (SSSR count). The van der Waals surface area contributed by atoms with E-state index in [4.69, 9.17) is 0 Å². The Balaban J connectivity index is 2.88. The van der Waals surface area contributed by atoms with Crippen LogP contribution in [0.3, 0.4) is 0 Å². The normalized spacial score (nSPS) is 13.8. The van der Waals surface area contributed by atoms with Gasteiger partial charge in [0.25, 0.3) is 0 Å². The zero-order valence-corrected chi connectivity index (χ0v) is 11.8. The van der Waals surface area contributed by atoms with Gasteiger partial charge in [-0.25, -0.2) is 12.8 Å². The van der Waals surface area contributed by atoms with Crippen molar-refractivity contribution in [2.75, 3.05) is 5.75 Å². The molecule has 1 unspecified atom stereocenters. The molecule has 118 valence electrons. The molecule has 21 heavy (non-hydrogen) atoms. The van der Waals surface area contributed by atoms with Gasteiger partial charge in [0.2, 0.25) is 15.9 Å². The zero-order chi connectivity index (χ0) is 16.3. The molecule has 0 spiro atoms. The number of sulfonamides is 1. The quantitative estimate of drug-likeness (QED) is 0.844. The second kappa shape index (κ2) is 6.42. The van der Waals surface area contributed by atoms with Crippen molar-refractivity contribution in [2.24, 2.45) is 0 Å². The first-order valence-electron chi connectivity index (χ1n) is 5.90. The van der Waals surface area contributed by atoms with Crippen LogP contribution < -0.4 is 4.72 Å². The fourth-order valence-corrected chi connectivity index (χ4v) is 2.70. The van der Waals surface area contributed by atoms with E-state index in [0.717, 1.165) is 12.1 Å². The number of hydrogen-bond donors (Lipinski definition) is 1. The molecule has 9 heteroatoms. The van der Waals surface area contributed by atoms with Gasteiger partial charge in [-0.3, -0.25) is 9.52 Å². The second-order valence-corrected chi connectivity index (χ2v) is 6.08. The lowest BCUT2D eigenvalue weighted by molar-refractivity contribution is -0.121. The summed E-state index contributed by atoms with van der Waals surface area (Å²) in [6.45, 7) is 1.56. The SMILES string of the molecule is CCC(C(=O)NS(=O)(=O)CC(F)(F)F)c1ccc(F)cc1. The molecule has 1 aromatic rings. The van der Waals surface area contributed by atoms with Crippen LogP contribution in [0.1, 0.15) is 24.8 Å². The predicted octanol–water partition coefficient (Wildman–Crippen LogP) is 2.33. The molecule has 0 fully saturated rings. The third-order valence-electron chi connectivity index (χ3n) is 2.61. The molecule has 0 bridgehead atoms. The molecule has 1 aromatic carbocycles. The van der Waals surface area contributed by atoms with E-state index in [1.807, 2.05) is 0 Å². The standard InChI is InChI=1S/C12H13F4NO3S/c1-2-10(8-3-5-9(13)6-4-8)11(18)17-21(19,20)7-12(14,15)16/h3-6,10H,2,7H2,1H3,(H,17,18). The summed E-state index contributed by atoms with van der Waals surface area (Å²) in [6, 6.07) is 4.71. The number of hydrogen-bond acceptors (Lipinski definition) is 3. The number of amides is 1. The summed E-state index contributed by atoms with van der Waals surface area (Å²) in [5.41, 5.74) is 0.318. The highest BCUT2D eigenvalue weighted by Crippen LogP contribution is 2.21. The molecule has 0 aliphatic carbocycles. The molecule has 4 nitrogen and oxygen atoms in total. The third-order valence-corrected chi connectivity index (χ3v) is 3.83. The molecule has 0 aliphatic rings.